The normalized spacial score (nSPS) is 15.0. The Bertz CT molecular complexity index is 560. The lowest BCUT2D eigenvalue weighted by atomic mass is 9.84. The van der Waals surface area contributed by atoms with Crippen LogP contribution in [-0.2, 0) is 10.2 Å². The molecule has 0 saturated carbocycles. The van der Waals surface area contributed by atoms with Gasteiger partial charge in [0.1, 0.15) is 0 Å². The second-order valence-electron chi connectivity index (χ2n) is 5.37. The van der Waals surface area contributed by atoms with E-state index in [9.17, 15) is 0 Å². The third-order valence-corrected chi connectivity index (χ3v) is 3.66. The van der Waals surface area contributed by atoms with E-state index in [0.29, 0.717) is 0 Å². The Morgan fingerprint density at radius 1 is 1.24 bits per heavy atom. The SMILES string of the molecule is C=C1N(C)c2cc(OC)c(OC)cc2C1(C)C.CC(=O)O. The molecule has 5 nitrogen and oxygen atoms in total. The van der Waals surface area contributed by atoms with Gasteiger partial charge in [-0.3, -0.25) is 4.79 Å². The predicted molar refractivity (Wildman–Crippen MR) is 83.4 cm³/mol. The van der Waals surface area contributed by atoms with Crippen LogP contribution in [0.4, 0.5) is 5.69 Å². The lowest BCUT2D eigenvalue weighted by Crippen LogP contribution is -2.21. The van der Waals surface area contributed by atoms with Crippen LogP contribution in [0.2, 0.25) is 0 Å². The fourth-order valence-electron chi connectivity index (χ4n) is 2.37. The van der Waals surface area contributed by atoms with E-state index in [2.05, 4.69) is 25.3 Å². The summed E-state index contributed by atoms with van der Waals surface area (Å²) in [5.41, 5.74) is 3.38. The van der Waals surface area contributed by atoms with Gasteiger partial charge in [0.05, 0.1) is 14.2 Å². The fourth-order valence-corrected chi connectivity index (χ4v) is 2.37. The highest BCUT2D eigenvalue weighted by molar-refractivity contribution is 5.73. The highest BCUT2D eigenvalue weighted by Crippen LogP contribution is 2.49. The standard InChI is InChI=1S/C14H19NO2.C2H4O2/c1-9-14(2,3)10-7-12(16-5)13(17-6)8-11(10)15(9)4;1-2(3)4/h7-8H,1H2,2-6H3;1H3,(H,3,4). The number of methoxy groups -OCH3 is 2. The molecular formula is C16H23NO4. The number of ether oxygens (including phenoxy) is 2. The number of carboxylic acid groups (broad SMARTS) is 1. The first kappa shape index (κ1) is 16.9. The smallest absolute Gasteiger partial charge is 0.300 e. The first-order valence-electron chi connectivity index (χ1n) is 6.56. The van der Waals surface area contributed by atoms with Crippen LogP contribution < -0.4 is 14.4 Å². The molecule has 1 aliphatic rings. The van der Waals surface area contributed by atoms with Crippen molar-refractivity contribution in [3.63, 3.8) is 0 Å². The molecule has 21 heavy (non-hydrogen) atoms. The maximum Gasteiger partial charge on any atom is 0.300 e. The summed E-state index contributed by atoms with van der Waals surface area (Å²) in [7, 11) is 5.34. The molecule has 1 aromatic carbocycles. The summed E-state index contributed by atoms with van der Waals surface area (Å²) < 4.78 is 10.7. The number of carbonyl (C=O) groups is 1. The van der Waals surface area contributed by atoms with Crippen molar-refractivity contribution in [2.24, 2.45) is 0 Å². The molecule has 1 aromatic rings. The molecule has 5 heteroatoms. The molecule has 2 rings (SSSR count). The monoisotopic (exact) mass is 293 g/mol. The fraction of sp³-hybridized carbons (Fsp3) is 0.438. The number of rotatable bonds is 2. The Balaban J connectivity index is 0.000000491. The Morgan fingerprint density at radius 2 is 1.67 bits per heavy atom. The molecule has 0 spiro atoms. The van der Waals surface area contributed by atoms with Crippen molar-refractivity contribution >= 4 is 11.7 Å². The third-order valence-electron chi connectivity index (χ3n) is 3.66. The molecule has 1 heterocycles. The Labute approximate surface area is 125 Å². The van der Waals surface area contributed by atoms with Crippen molar-refractivity contribution in [2.45, 2.75) is 26.2 Å². The van der Waals surface area contributed by atoms with E-state index in [0.717, 1.165) is 29.8 Å². The second kappa shape index (κ2) is 6.08. The number of benzene rings is 1. The summed E-state index contributed by atoms with van der Waals surface area (Å²) in [6, 6.07) is 4.05. The average Bonchev–Trinajstić information content (AvgIpc) is 2.58. The van der Waals surface area contributed by atoms with Crippen LogP contribution in [-0.4, -0.2) is 32.3 Å². The van der Waals surface area contributed by atoms with E-state index in [1.807, 2.05) is 19.2 Å². The molecule has 0 fully saturated rings. The van der Waals surface area contributed by atoms with Crippen molar-refractivity contribution in [3.05, 3.63) is 30.0 Å². The summed E-state index contributed by atoms with van der Waals surface area (Å²) in [5, 5.41) is 7.42. The Morgan fingerprint density at radius 3 is 2.10 bits per heavy atom. The molecule has 0 aromatic heterocycles. The van der Waals surface area contributed by atoms with Gasteiger partial charge in [0.15, 0.2) is 11.5 Å². The zero-order valence-corrected chi connectivity index (χ0v) is 13.5. The van der Waals surface area contributed by atoms with E-state index in [1.54, 1.807) is 14.2 Å². The van der Waals surface area contributed by atoms with Gasteiger partial charge in [-0.15, -0.1) is 0 Å². The predicted octanol–water partition coefficient (Wildman–Crippen LogP) is 3.04. The van der Waals surface area contributed by atoms with Crippen LogP contribution >= 0.6 is 0 Å². The molecule has 0 amide bonds. The summed E-state index contributed by atoms with van der Waals surface area (Å²) in [6.45, 7) is 9.58. The lowest BCUT2D eigenvalue weighted by Gasteiger charge is -2.22. The van der Waals surface area contributed by atoms with Crippen molar-refractivity contribution in [2.75, 3.05) is 26.2 Å². The average molecular weight is 293 g/mol. The van der Waals surface area contributed by atoms with Crippen LogP contribution in [0, 0.1) is 0 Å². The summed E-state index contributed by atoms with van der Waals surface area (Å²) >= 11 is 0. The maximum atomic E-state index is 9.00. The maximum absolute atomic E-state index is 9.00. The highest BCUT2D eigenvalue weighted by atomic mass is 16.5. The molecule has 0 saturated heterocycles. The number of anilines is 1. The van der Waals surface area contributed by atoms with Gasteiger partial charge >= 0.3 is 0 Å². The molecule has 1 N–H and O–H groups in total. The van der Waals surface area contributed by atoms with Crippen LogP contribution in [0.1, 0.15) is 26.3 Å². The van der Waals surface area contributed by atoms with Crippen molar-refractivity contribution in [1.82, 2.24) is 0 Å². The van der Waals surface area contributed by atoms with Gasteiger partial charge in [0.2, 0.25) is 0 Å². The lowest BCUT2D eigenvalue weighted by molar-refractivity contribution is -0.134. The number of aliphatic carboxylic acids is 1. The zero-order valence-electron chi connectivity index (χ0n) is 13.5. The van der Waals surface area contributed by atoms with Crippen molar-refractivity contribution < 1.29 is 19.4 Å². The van der Waals surface area contributed by atoms with Crippen LogP contribution in [0.5, 0.6) is 11.5 Å². The van der Waals surface area contributed by atoms with Gasteiger partial charge in [-0.05, 0) is 11.6 Å². The summed E-state index contributed by atoms with van der Waals surface area (Å²) in [6.07, 6.45) is 0. The number of carboxylic acids is 1. The molecule has 0 radical (unpaired) electrons. The molecule has 0 atom stereocenters. The van der Waals surface area contributed by atoms with E-state index in [1.165, 1.54) is 5.56 Å². The topological polar surface area (TPSA) is 59.0 Å². The minimum atomic E-state index is -0.833. The Hall–Kier alpha value is -2.17. The first-order chi connectivity index (χ1) is 9.66. The van der Waals surface area contributed by atoms with Gasteiger partial charge in [0, 0.05) is 36.8 Å². The highest BCUT2D eigenvalue weighted by Gasteiger charge is 2.38. The number of nitrogens with zero attached hydrogens (tertiary/aromatic N) is 1. The van der Waals surface area contributed by atoms with Gasteiger partial charge in [-0.1, -0.05) is 20.4 Å². The number of likely N-dealkylation sites (N-methyl/N-ethyl adjacent to an activating group) is 1. The third kappa shape index (κ3) is 3.12. The first-order valence-corrected chi connectivity index (χ1v) is 6.56. The van der Waals surface area contributed by atoms with E-state index < -0.39 is 5.97 Å². The van der Waals surface area contributed by atoms with E-state index in [4.69, 9.17) is 19.4 Å². The largest absolute Gasteiger partial charge is 0.493 e. The van der Waals surface area contributed by atoms with Crippen molar-refractivity contribution in [3.8, 4) is 11.5 Å². The quantitative estimate of drug-likeness (QED) is 0.908. The number of hydrogen-bond donors (Lipinski definition) is 1. The molecule has 0 unspecified atom stereocenters. The molecule has 0 aliphatic carbocycles. The molecule has 1 aliphatic heterocycles. The number of hydrogen-bond acceptors (Lipinski definition) is 4. The second-order valence-corrected chi connectivity index (χ2v) is 5.37. The zero-order chi connectivity index (χ0) is 16.4. The van der Waals surface area contributed by atoms with Crippen LogP contribution in [0.15, 0.2) is 24.4 Å². The van der Waals surface area contributed by atoms with E-state index >= 15 is 0 Å². The van der Waals surface area contributed by atoms with Crippen LogP contribution in [0.3, 0.4) is 0 Å². The van der Waals surface area contributed by atoms with Crippen LogP contribution in [0.25, 0.3) is 0 Å². The van der Waals surface area contributed by atoms with E-state index in [-0.39, 0.29) is 5.41 Å². The summed E-state index contributed by atoms with van der Waals surface area (Å²) in [5.74, 6) is 0.686. The molecular weight excluding hydrogens is 270 g/mol. The minimum Gasteiger partial charge on any atom is -0.493 e. The Kier molecular flexibility index (Phi) is 4.88. The van der Waals surface area contributed by atoms with Gasteiger partial charge in [-0.2, -0.15) is 0 Å². The van der Waals surface area contributed by atoms with Gasteiger partial charge in [0.25, 0.3) is 5.97 Å². The molecule has 0 bridgehead atoms. The van der Waals surface area contributed by atoms with Crippen molar-refractivity contribution in [1.29, 1.82) is 0 Å². The van der Waals surface area contributed by atoms with Gasteiger partial charge < -0.3 is 19.5 Å². The number of fused-ring (bicyclic) bond motifs is 1. The van der Waals surface area contributed by atoms with Gasteiger partial charge in [-0.25, -0.2) is 0 Å². The summed E-state index contributed by atoms with van der Waals surface area (Å²) in [4.78, 5) is 11.1. The number of allylic oxidation sites excluding steroid dienone is 1. The molecule has 116 valence electrons. The minimum absolute atomic E-state index is 0.0658.